The van der Waals surface area contributed by atoms with E-state index in [9.17, 15) is 22.4 Å². The van der Waals surface area contributed by atoms with Crippen LogP contribution >= 0.6 is 0 Å². The van der Waals surface area contributed by atoms with E-state index in [1.807, 2.05) is 20.8 Å². The summed E-state index contributed by atoms with van der Waals surface area (Å²) in [6, 6.07) is 15.4. The first-order valence-electron chi connectivity index (χ1n) is 13.6. The van der Waals surface area contributed by atoms with Crippen molar-refractivity contribution in [3.8, 4) is 11.5 Å². The Labute approximate surface area is 247 Å². The number of nitrogens with one attached hydrogen (secondary N) is 1. The number of methoxy groups -OCH3 is 2. The molecule has 0 aliphatic heterocycles. The molecule has 0 spiro atoms. The molecule has 9 nitrogen and oxygen atoms in total. The Balaban J connectivity index is 2.12. The number of benzene rings is 3. The highest BCUT2D eigenvalue weighted by Crippen LogP contribution is 2.34. The number of ether oxygens (including phenoxy) is 2. The number of aryl methyl sites for hydroxylation is 1. The maximum absolute atomic E-state index is 14.1. The normalized spacial score (nSPS) is 12.0. The number of carbonyl (C=O) groups is 2. The van der Waals surface area contributed by atoms with E-state index in [1.165, 1.54) is 67.7 Å². The fourth-order valence-corrected chi connectivity index (χ4v) is 5.84. The van der Waals surface area contributed by atoms with Gasteiger partial charge in [-0.3, -0.25) is 13.9 Å². The summed E-state index contributed by atoms with van der Waals surface area (Å²) in [6.45, 7) is 6.58. The van der Waals surface area contributed by atoms with Crippen molar-refractivity contribution in [3.05, 3.63) is 83.7 Å². The van der Waals surface area contributed by atoms with Crippen molar-refractivity contribution in [1.82, 2.24) is 10.2 Å². The molecule has 3 rings (SSSR count). The molecule has 0 aromatic heterocycles. The third kappa shape index (κ3) is 7.79. The molecule has 1 atom stereocenters. The zero-order chi connectivity index (χ0) is 31.0. The highest BCUT2D eigenvalue weighted by Gasteiger charge is 2.34. The molecule has 2 amide bonds. The molecule has 11 heteroatoms. The number of anilines is 1. The molecule has 1 N–H and O–H groups in total. The monoisotopic (exact) mass is 599 g/mol. The topological polar surface area (TPSA) is 105 Å². The lowest BCUT2D eigenvalue weighted by atomic mass is 10.1. The number of carbonyl (C=O) groups excluding carboxylic acids is 2. The summed E-state index contributed by atoms with van der Waals surface area (Å²) < 4.78 is 53.4. The first-order valence-corrected chi connectivity index (χ1v) is 15.0. The number of hydrogen-bond donors (Lipinski definition) is 1. The van der Waals surface area contributed by atoms with Gasteiger partial charge in [-0.05, 0) is 69.2 Å². The van der Waals surface area contributed by atoms with Crippen LogP contribution < -0.4 is 19.1 Å². The average molecular weight is 600 g/mol. The maximum Gasteiger partial charge on any atom is 0.264 e. The van der Waals surface area contributed by atoms with Crippen LogP contribution in [0.1, 0.15) is 38.3 Å². The zero-order valence-corrected chi connectivity index (χ0v) is 25.6. The van der Waals surface area contributed by atoms with Crippen LogP contribution in [0.5, 0.6) is 11.5 Å². The van der Waals surface area contributed by atoms with Gasteiger partial charge in [0.2, 0.25) is 11.8 Å². The summed E-state index contributed by atoms with van der Waals surface area (Å²) >= 11 is 0. The number of amides is 2. The van der Waals surface area contributed by atoms with E-state index < -0.39 is 34.3 Å². The molecule has 3 aromatic carbocycles. The smallest absolute Gasteiger partial charge is 0.264 e. The molecule has 0 aliphatic carbocycles. The molecule has 3 aromatic rings. The third-order valence-corrected chi connectivity index (χ3v) is 8.41. The van der Waals surface area contributed by atoms with Crippen LogP contribution in [-0.2, 0) is 26.2 Å². The van der Waals surface area contributed by atoms with Crippen molar-refractivity contribution >= 4 is 27.5 Å². The quantitative estimate of drug-likeness (QED) is 0.306. The molecular weight excluding hydrogens is 561 g/mol. The van der Waals surface area contributed by atoms with Gasteiger partial charge in [0.1, 0.15) is 18.4 Å². The van der Waals surface area contributed by atoms with Crippen LogP contribution in [0.4, 0.5) is 10.1 Å². The maximum atomic E-state index is 14.1. The molecule has 42 heavy (non-hydrogen) atoms. The van der Waals surface area contributed by atoms with Gasteiger partial charge in [-0.2, -0.15) is 0 Å². The lowest BCUT2D eigenvalue weighted by Gasteiger charge is -2.33. The van der Waals surface area contributed by atoms with E-state index in [0.717, 1.165) is 9.87 Å². The van der Waals surface area contributed by atoms with Gasteiger partial charge in [-0.25, -0.2) is 12.8 Å². The summed E-state index contributed by atoms with van der Waals surface area (Å²) in [5.74, 6) is -0.769. The number of nitrogens with zero attached hydrogens (tertiary/aromatic N) is 2. The van der Waals surface area contributed by atoms with Gasteiger partial charge in [0.25, 0.3) is 10.0 Å². The molecule has 0 fully saturated rings. The van der Waals surface area contributed by atoms with Crippen LogP contribution in [0.25, 0.3) is 0 Å². The average Bonchev–Trinajstić information content (AvgIpc) is 2.96. The van der Waals surface area contributed by atoms with Crippen LogP contribution in [0.2, 0.25) is 0 Å². The Bertz CT molecular complexity index is 1480. The first-order chi connectivity index (χ1) is 19.9. The SMILES string of the molecule is CCC(C(=O)NC(C)C)N(Cc1ccc(F)cc1)C(=O)CN(c1ccc(OC)c(OC)c1)S(=O)(=O)c1ccc(C)cc1. The lowest BCUT2D eigenvalue weighted by molar-refractivity contribution is -0.140. The van der Waals surface area contributed by atoms with Gasteiger partial charge in [-0.15, -0.1) is 0 Å². The second-order valence-corrected chi connectivity index (χ2v) is 12.0. The lowest BCUT2D eigenvalue weighted by Crippen LogP contribution is -2.53. The third-order valence-electron chi connectivity index (χ3n) is 6.63. The van der Waals surface area contributed by atoms with E-state index in [1.54, 1.807) is 25.1 Å². The Morgan fingerprint density at radius 2 is 1.55 bits per heavy atom. The van der Waals surface area contributed by atoms with Gasteiger partial charge in [0.05, 0.1) is 24.8 Å². The molecule has 0 saturated carbocycles. The van der Waals surface area contributed by atoms with Crippen molar-refractivity contribution in [2.75, 3.05) is 25.1 Å². The minimum absolute atomic E-state index is 0.00892. The van der Waals surface area contributed by atoms with E-state index >= 15 is 0 Å². The number of rotatable bonds is 13. The van der Waals surface area contributed by atoms with Crippen LogP contribution in [0.15, 0.2) is 71.6 Å². The van der Waals surface area contributed by atoms with Crippen molar-refractivity contribution < 1.29 is 31.9 Å². The Morgan fingerprint density at radius 3 is 2.10 bits per heavy atom. The van der Waals surface area contributed by atoms with Gasteiger partial charge in [0.15, 0.2) is 11.5 Å². The number of hydrogen-bond acceptors (Lipinski definition) is 6. The molecule has 226 valence electrons. The Kier molecular flexibility index (Phi) is 10.9. The molecule has 0 radical (unpaired) electrons. The molecular formula is C31H38FN3O6S. The Morgan fingerprint density at radius 1 is 0.929 bits per heavy atom. The van der Waals surface area contributed by atoms with Crippen LogP contribution in [0, 0.1) is 12.7 Å². The molecule has 0 heterocycles. The minimum atomic E-state index is -4.25. The van der Waals surface area contributed by atoms with E-state index in [2.05, 4.69) is 5.32 Å². The van der Waals surface area contributed by atoms with Crippen molar-refractivity contribution in [2.24, 2.45) is 0 Å². The molecule has 0 saturated heterocycles. The van der Waals surface area contributed by atoms with Crippen LogP contribution in [0.3, 0.4) is 0 Å². The highest BCUT2D eigenvalue weighted by atomic mass is 32.2. The van der Waals surface area contributed by atoms with E-state index in [0.29, 0.717) is 11.3 Å². The second-order valence-electron chi connectivity index (χ2n) is 10.1. The van der Waals surface area contributed by atoms with Crippen molar-refractivity contribution in [3.63, 3.8) is 0 Å². The number of halogens is 1. The van der Waals surface area contributed by atoms with Crippen molar-refractivity contribution in [1.29, 1.82) is 0 Å². The highest BCUT2D eigenvalue weighted by molar-refractivity contribution is 7.92. The summed E-state index contributed by atoms with van der Waals surface area (Å²) in [7, 11) is -1.37. The fourth-order valence-electron chi connectivity index (χ4n) is 4.43. The first kappa shape index (κ1) is 32.4. The summed E-state index contributed by atoms with van der Waals surface area (Å²) in [6.07, 6.45) is 0.270. The van der Waals surface area contributed by atoms with Gasteiger partial charge >= 0.3 is 0 Å². The van der Waals surface area contributed by atoms with Crippen LogP contribution in [-0.4, -0.2) is 58.0 Å². The van der Waals surface area contributed by atoms with Gasteiger partial charge < -0.3 is 19.7 Å². The second kappa shape index (κ2) is 14.2. The number of sulfonamides is 1. The van der Waals surface area contributed by atoms with Crippen molar-refractivity contribution in [2.45, 2.75) is 57.6 Å². The molecule has 0 bridgehead atoms. The molecule has 1 unspecified atom stereocenters. The molecule has 0 aliphatic rings. The predicted octanol–water partition coefficient (Wildman–Crippen LogP) is 4.68. The van der Waals surface area contributed by atoms with Gasteiger partial charge in [-0.1, -0.05) is 36.8 Å². The Hall–Kier alpha value is -4.12. The largest absolute Gasteiger partial charge is 0.493 e. The van der Waals surface area contributed by atoms with Gasteiger partial charge in [0, 0.05) is 18.7 Å². The summed E-state index contributed by atoms with van der Waals surface area (Å²) in [5, 5.41) is 2.84. The minimum Gasteiger partial charge on any atom is -0.493 e. The van der Waals surface area contributed by atoms with E-state index in [-0.39, 0.29) is 41.2 Å². The standard InChI is InChI=1S/C31H38FN3O6S/c1-7-27(31(37)33-21(2)3)34(19-23-10-12-24(32)13-11-23)30(36)20-35(25-14-17-28(40-5)29(18-25)41-6)42(38,39)26-15-8-22(4)9-16-26/h8-18,21,27H,7,19-20H2,1-6H3,(H,33,37). The fraction of sp³-hybridized carbons (Fsp3) is 0.355. The summed E-state index contributed by atoms with van der Waals surface area (Å²) in [4.78, 5) is 28.6. The zero-order valence-electron chi connectivity index (χ0n) is 24.8. The summed E-state index contributed by atoms with van der Waals surface area (Å²) in [5.41, 5.74) is 1.62. The predicted molar refractivity (Wildman–Crippen MR) is 160 cm³/mol. The van der Waals surface area contributed by atoms with E-state index in [4.69, 9.17) is 9.47 Å².